The molecule has 1 unspecified atom stereocenters. The van der Waals surface area contributed by atoms with Crippen LogP contribution in [0.15, 0.2) is 12.7 Å². The number of aliphatic hydroxyl groups is 2. The molecule has 0 aromatic carbocycles. The van der Waals surface area contributed by atoms with Crippen molar-refractivity contribution in [3.63, 3.8) is 0 Å². The van der Waals surface area contributed by atoms with Gasteiger partial charge in [-0.25, -0.2) is 19.5 Å². The molecule has 0 aliphatic rings. The summed E-state index contributed by atoms with van der Waals surface area (Å²) in [4.78, 5) is 30.6. The van der Waals surface area contributed by atoms with Gasteiger partial charge in [0.2, 0.25) is 0 Å². The zero-order chi connectivity index (χ0) is 20.9. The molecule has 0 fully saturated rings. The molecular formula is C15H26N5O7P. The monoisotopic (exact) mass is 419 g/mol. The van der Waals surface area contributed by atoms with Crippen molar-refractivity contribution in [2.24, 2.45) is 0 Å². The summed E-state index contributed by atoms with van der Waals surface area (Å²) < 4.78 is 23.2. The Labute approximate surface area is 161 Å². The van der Waals surface area contributed by atoms with Crippen LogP contribution in [0, 0.1) is 0 Å². The van der Waals surface area contributed by atoms with E-state index in [1.54, 1.807) is 20.9 Å². The molecule has 158 valence electrons. The molecule has 3 atom stereocenters. The topological polar surface area (TPSA) is 172 Å². The van der Waals surface area contributed by atoms with Crippen LogP contribution in [0.4, 0.5) is 5.82 Å². The second kappa shape index (κ2) is 9.23. The van der Waals surface area contributed by atoms with E-state index >= 15 is 0 Å². The van der Waals surface area contributed by atoms with Crippen molar-refractivity contribution in [3.05, 3.63) is 12.7 Å². The number of fused-ring (bicyclic) bond motifs is 1. The number of anilines is 1. The van der Waals surface area contributed by atoms with Crippen LogP contribution in [-0.2, 0) is 13.8 Å². The van der Waals surface area contributed by atoms with Gasteiger partial charge in [0.05, 0.1) is 25.1 Å². The number of hydrogen-bond acceptors (Lipinski definition) is 9. The first-order chi connectivity index (χ1) is 13.1. The zero-order valence-corrected chi connectivity index (χ0v) is 16.8. The fourth-order valence-corrected chi connectivity index (χ4v) is 3.45. The molecule has 2 rings (SSSR count). The largest absolute Gasteiger partial charge is 0.470 e. The van der Waals surface area contributed by atoms with Gasteiger partial charge in [-0.2, -0.15) is 0 Å². The highest BCUT2D eigenvalue weighted by Gasteiger charge is 2.33. The van der Waals surface area contributed by atoms with Crippen molar-refractivity contribution in [2.75, 3.05) is 25.6 Å². The van der Waals surface area contributed by atoms with Crippen LogP contribution in [0.25, 0.3) is 11.2 Å². The Kier molecular flexibility index (Phi) is 7.46. The minimum atomic E-state index is -4.67. The Morgan fingerprint density at radius 3 is 2.64 bits per heavy atom. The first kappa shape index (κ1) is 22.6. The van der Waals surface area contributed by atoms with Crippen molar-refractivity contribution in [2.45, 2.75) is 44.6 Å². The van der Waals surface area contributed by atoms with E-state index < -0.39 is 32.4 Å². The molecule has 0 bridgehead atoms. The summed E-state index contributed by atoms with van der Waals surface area (Å²) in [5.41, 5.74) is -0.264. The van der Waals surface area contributed by atoms with Crippen LogP contribution in [0.3, 0.4) is 0 Å². The summed E-state index contributed by atoms with van der Waals surface area (Å²) in [7, 11) is -2.98. The molecule has 0 aliphatic heterocycles. The molecule has 13 heteroatoms. The first-order valence-corrected chi connectivity index (χ1v) is 10.2. The highest BCUT2D eigenvalue weighted by atomic mass is 31.2. The van der Waals surface area contributed by atoms with Crippen LogP contribution in [0.1, 0.15) is 32.9 Å². The fourth-order valence-electron chi connectivity index (χ4n) is 2.66. The maximum atomic E-state index is 11.2. The van der Waals surface area contributed by atoms with Crippen molar-refractivity contribution < 1.29 is 33.8 Å². The summed E-state index contributed by atoms with van der Waals surface area (Å²) in [5, 5.41) is 22.5. The van der Waals surface area contributed by atoms with Gasteiger partial charge in [0.1, 0.15) is 17.9 Å². The number of phosphoric ester groups is 1. The third kappa shape index (κ3) is 5.45. The predicted molar refractivity (Wildman–Crippen MR) is 99.4 cm³/mol. The Bertz CT molecular complexity index is 828. The minimum Gasteiger partial charge on any atom is -0.394 e. The Balaban J connectivity index is 2.21. The lowest BCUT2D eigenvalue weighted by molar-refractivity contribution is -0.107. The number of nitrogens with zero attached hydrogens (tertiary/aromatic N) is 4. The predicted octanol–water partition coefficient (Wildman–Crippen LogP) is 0.404. The lowest BCUT2D eigenvalue weighted by atomic mass is 10.0. The Morgan fingerprint density at radius 1 is 1.36 bits per heavy atom. The average Bonchev–Trinajstić information content (AvgIpc) is 3.07. The van der Waals surface area contributed by atoms with Gasteiger partial charge in [0, 0.05) is 13.5 Å². The standard InChI is InChI=1S/C15H26N5O7P/c1-4-15(2,27-28(23,24)25)5-6-26-14(10(22)7-21)20-9-19-11-12(16-3)17-8-18-13(11)20/h8-10,14,21-22H,4-7H2,1-3H3,(H,16,17,18)(H2,23,24,25)/t10-,14-,15?/m1/s1. The molecule has 5 N–H and O–H groups in total. The summed E-state index contributed by atoms with van der Waals surface area (Å²) in [5.74, 6) is 0.495. The number of imidazole rings is 1. The van der Waals surface area contributed by atoms with E-state index in [0.29, 0.717) is 23.4 Å². The maximum Gasteiger partial charge on any atom is 0.470 e. The number of aromatic nitrogens is 4. The summed E-state index contributed by atoms with van der Waals surface area (Å²) in [6.45, 7) is 2.72. The zero-order valence-electron chi connectivity index (χ0n) is 15.9. The molecule has 0 amide bonds. The van der Waals surface area contributed by atoms with Crippen molar-refractivity contribution in [1.82, 2.24) is 19.5 Å². The molecule has 2 heterocycles. The number of rotatable bonds is 11. The number of aliphatic hydroxyl groups excluding tert-OH is 2. The highest BCUT2D eigenvalue weighted by Crippen LogP contribution is 2.43. The number of phosphoric acid groups is 1. The lowest BCUT2D eigenvalue weighted by Gasteiger charge is -2.30. The van der Waals surface area contributed by atoms with E-state index in [-0.39, 0.29) is 13.0 Å². The third-order valence-electron chi connectivity index (χ3n) is 4.39. The molecule has 0 saturated heterocycles. The van der Waals surface area contributed by atoms with Crippen molar-refractivity contribution in [3.8, 4) is 0 Å². The van der Waals surface area contributed by atoms with Crippen LogP contribution >= 0.6 is 7.82 Å². The third-order valence-corrected chi connectivity index (χ3v) is 5.07. The number of ether oxygens (including phenoxy) is 1. The Morgan fingerprint density at radius 2 is 2.07 bits per heavy atom. The van der Waals surface area contributed by atoms with Crippen LogP contribution in [0.5, 0.6) is 0 Å². The number of nitrogens with one attached hydrogen (secondary N) is 1. The molecule has 0 saturated carbocycles. The van der Waals surface area contributed by atoms with E-state index in [1.807, 2.05) is 0 Å². The SMILES string of the molecule is CCC(C)(CCO[C@H]([C@H](O)CO)n1cnc2c(NC)ncnc21)OP(=O)(O)O. The molecule has 0 spiro atoms. The first-order valence-electron chi connectivity index (χ1n) is 8.66. The average molecular weight is 419 g/mol. The summed E-state index contributed by atoms with van der Waals surface area (Å²) in [6, 6.07) is 0. The smallest absolute Gasteiger partial charge is 0.394 e. The Hall–Kier alpha value is -1.66. The second-order valence-electron chi connectivity index (χ2n) is 6.44. The van der Waals surface area contributed by atoms with Gasteiger partial charge < -0.3 is 30.1 Å². The van der Waals surface area contributed by atoms with Gasteiger partial charge >= 0.3 is 7.82 Å². The van der Waals surface area contributed by atoms with Crippen LogP contribution < -0.4 is 5.32 Å². The van der Waals surface area contributed by atoms with Gasteiger partial charge in [-0.05, 0) is 13.3 Å². The van der Waals surface area contributed by atoms with Crippen molar-refractivity contribution >= 4 is 24.8 Å². The van der Waals surface area contributed by atoms with Gasteiger partial charge in [-0.15, -0.1) is 0 Å². The fraction of sp³-hybridized carbons (Fsp3) is 0.667. The van der Waals surface area contributed by atoms with E-state index in [1.165, 1.54) is 17.2 Å². The van der Waals surface area contributed by atoms with Crippen LogP contribution in [0.2, 0.25) is 0 Å². The van der Waals surface area contributed by atoms with E-state index in [0.717, 1.165) is 0 Å². The number of hydrogen-bond donors (Lipinski definition) is 5. The molecule has 12 nitrogen and oxygen atoms in total. The van der Waals surface area contributed by atoms with E-state index in [2.05, 4.69) is 20.3 Å². The lowest BCUT2D eigenvalue weighted by Crippen LogP contribution is -2.33. The molecule has 0 radical (unpaired) electrons. The highest BCUT2D eigenvalue weighted by molar-refractivity contribution is 7.46. The molecule has 0 aliphatic carbocycles. The molecule has 2 aromatic rings. The minimum absolute atomic E-state index is 0.00426. The quantitative estimate of drug-likeness (QED) is 0.319. The normalized spacial score (nSPS) is 16.7. The van der Waals surface area contributed by atoms with E-state index in [4.69, 9.17) is 19.0 Å². The van der Waals surface area contributed by atoms with Gasteiger partial charge in [-0.3, -0.25) is 9.09 Å². The van der Waals surface area contributed by atoms with Gasteiger partial charge in [0.15, 0.2) is 17.7 Å². The van der Waals surface area contributed by atoms with Gasteiger partial charge in [0.25, 0.3) is 0 Å². The van der Waals surface area contributed by atoms with Gasteiger partial charge in [-0.1, -0.05) is 6.92 Å². The maximum absolute atomic E-state index is 11.2. The molecule has 28 heavy (non-hydrogen) atoms. The van der Waals surface area contributed by atoms with Crippen LogP contribution in [-0.4, -0.2) is 71.5 Å². The molecular weight excluding hydrogens is 393 g/mol. The second-order valence-corrected chi connectivity index (χ2v) is 7.61. The summed E-state index contributed by atoms with van der Waals surface area (Å²) in [6.07, 6.45) is 0.923. The molecule has 2 aromatic heterocycles. The summed E-state index contributed by atoms with van der Waals surface area (Å²) >= 11 is 0. The van der Waals surface area contributed by atoms with Crippen molar-refractivity contribution in [1.29, 1.82) is 0 Å². The van der Waals surface area contributed by atoms with E-state index in [9.17, 15) is 14.8 Å².